The molecule has 0 aromatic heterocycles. The summed E-state index contributed by atoms with van der Waals surface area (Å²) < 4.78 is 19.2. The number of aliphatic hydroxyl groups is 1. The van der Waals surface area contributed by atoms with Gasteiger partial charge in [0.25, 0.3) is 0 Å². The maximum absolute atomic E-state index is 13.9. The highest BCUT2D eigenvalue weighted by atomic mass is 35.5. The van der Waals surface area contributed by atoms with Gasteiger partial charge in [-0.3, -0.25) is 0 Å². The van der Waals surface area contributed by atoms with E-state index in [2.05, 4.69) is 18.4 Å². The predicted octanol–water partition coefficient (Wildman–Crippen LogP) is 6.91. The fourth-order valence-electron chi connectivity index (χ4n) is 5.14. The Bertz CT molecular complexity index is 707. The molecule has 0 radical (unpaired) electrons. The number of piperidine rings is 1. The Morgan fingerprint density at radius 3 is 2.61 bits per heavy atom. The Balaban J connectivity index is 1.66. The summed E-state index contributed by atoms with van der Waals surface area (Å²) in [6, 6.07) is 5.36. The molecule has 0 bridgehead atoms. The van der Waals surface area contributed by atoms with Gasteiger partial charge in [-0.25, -0.2) is 0 Å². The SMILES string of the molecule is C=C(O)CC1CCC2(CCN(c3cc(OC(C)(C)F)ccc3Cl)CC2)C(C)C1. The van der Waals surface area contributed by atoms with Crippen molar-refractivity contribution in [2.24, 2.45) is 17.3 Å². The van der Waals surface area contributed by atoms with Gasteiger partial charge >= 0.3 is 0 Å². The second kappa shape index (κ2) is 8.14. The number of anilines is 1. The number of halogens is 2. The highest BCUT2D eigenvalue weighted by molar-refractivity contribution is 6.33. The summed E-state index contributed by atoms with van der Waals surface area (Å²) in [5.41, 5.74) is 1.31. The summed E-state index contributed by atoms with van der Waals surface area (Å²) >= 11 is 6.45. The van der Waals surface area contributed by atoms with Crippen LogP contribution in [0.5, 0.6) is 5.75 Å². The van der Waals surface area contributed by atoms with Crippen LogP contribution in [0.4, 0.5) is 10.1 Å². The van der Waals surface area contributed by atoms with E-state index < -0.39 is 5.85 Å². The van der Waals surface area contributed by atoms with E-state index in [4.69, 9.17) is 16.3 Å². The van der Waals surface area contributed by atoms with Crippen LogP contribution in [0.2, 0.25) is 5.02 Å². The van der Waals surface area contributed by atoms with E-state index in [1.807, 2.05) is 6.07 Å². The summed E-state index contributed by atoms with van der Waals surface area (Å²) in [4.78, 5) is 2.31. The molecule has 1 aromatic rings. The normalized spacial score (nSPS) is 25.0. The number of ether oxygens (including phenoxy) is 1. The summed E-state index contributed by atoms with van der Waals surface area (Å²) in [5, 5.41) is 10.2. The summed E-state index contributed by atoms with van der Waals surface area (Å²) in [6.45, 7) is 10.7. The van der Waals surface area contributed by atoms with E-state index in [-0.39, 0.29) is 0 Å². The molecular formula is C23H33ClFNO2. The number of hydrogen-bond acceptors (Lipinski definition) is 3. The summed E-state index contributed by atoms with van der Waals surface area (Å²) in [6.07, 6.45) is 6.55. The fraction of sp³-hybridized carbons (Fsp3) is 0.652. The minimum atomic E-state index is -1.72. The molecule has 1 spiro atoms. The van der Waals surface area contributed by atoms with Crippen LogP contribution in [-0.4, -0.2) is 24.1 Å². The van der Waals surface area contributed by atoms with Gasteiger partial charge in [-0.15, -0.1) is 0 Å². The molecule has 5 heteroatoms. The number of aliphatic hydroxyl groups excluding tert-OH is 1. The molecule has 1 saturated carbocycles. The van der Waals surface area contributed by atoms with E-state index in [1.165, 1.54) is 26.7 Å². The largest absolute Gasteiger partial charge is 0.513 e. The summed E-state index contributed by atoms with van der Waals surface area (Å²) in [7, 11) is 0. The molecule has 2 fully saturated rings. The number of benzene rings is 1. The van der Waals surface area contributed by atoms with Crippen molar-refractivity contribution in [2.45, 2.75) is 65.2 Å². The third kappa shape index (κ3) is 4.94. The van der Waals surface area contributed by atoms with Gasteiger partial charge < -0.3 is 14.7 Å². The Morgan fingerprint density at radius 2 is 2.04 bits per heavy atom. The number of allylic oxidation sites excluding steroid dienone is 1. The minimum Gasteiger partial charge on any atom is -0.513 e. The van der Waals surface area contributed by atoms with Gasteiger partial charge in [0.1, 0.15) is 5.75 Å². The third-order valence-corrected chi connectivity index (χ3v) is 7.00. The average molecular weight is 410 g/mol. The van der Waals surface area contributed by atoms with E-state index in [9.17, 15) is 9.50 Å². The van der Waals surface area contributed by atoms with Crippen molar-refractivity contribution in [3.63, 3.8) is 0 Å². The maximum atomic E-state index is 13.9. The van der Waals surface area contributed by atoms with E-state index in [1.54, 1.807) is 12.1 Å². The standard InChI is InChI=1S/C23H33ClFNO2/c1-16-13-18(14-17(2)27)7-8-23(16)9-11-26(12-10-23)21-15-19(5-6-20(21)24)28-22(3,4)25/h5-6,15-16,18,27H,2,7-14H2,1,3-4H3. The molecule has 1 heterocycles. The molecule has 28 heavy (non-hydrogen) atoms. The molecule has 3 nitrogen and oxygen atoms in total. The van der Waals surface area contributed by atoms with Gasteiger partial charge in [0, 0.05) is 39.4 Å². The molecule has 3 rings (SSSR count). The zero-order valence-electron chi connectivity index (χ0n) is 17.3. The molecule has 1 aromatic carbocycles. The molecule has 1 aliphatic carbocycles. The topological polar surface area (TPSA) is 32.7 Å². The first-order chi connectivity index (χ1) is 13.1. The van der Waals surface area contributed by atoms with E-state index >= 15 is 0 Å². The monoisotopic (exact) mass is 409 g/mol. The zero-order chi connectivity index (χ0) is 20.5. The molecule has 1 saturated heterocycles. The van der Waals surface area contributed by atoms with Crippen LogP contribution in [0.3, 0.4) is 0 Å². The lowest BCUT2D eigenvalue weighted by Crippen LogP contribution is -2.46. The first-order valence-corrected chi connectivity index (χ1v) is 10.7. The van der Waals surface area contributed by atoms with Crippen LogP contribution >= 0.6 is 11.6 Å². The van der Waals surface area contributed by atoms with Crippen molar-refractivity contribution in [1.29, 1.82) is 0 Å². The van der Waals surface area contributed by atoms with Crippen molar-refractivity contribution < 1.29 is 14.2 Å². The lowest BCUT2D eigenvalue weighted by atomic mass is 9.59. The van der Waals surface area contributed by atoms with Gasteiger partial charge in [-0.1, -0.05) is 25.1 Å². The van der Waals surface area contributed by atoms with Crippen molar-refractivity contribution in [3.8, 4) is 5.75 Å². The van der Waals surface area contributed by atoms with Crippen LogP contribution in [0, 0.1) is 17.3 Å². The minimum absolute atomic E-state index is 0.316. The number of alkyl halides is 1. The molecule has 2 aliphatic rings. The van der Waals surface area contributed by atoms with Crippen molar-refractivity contribution in [3.05, 3.63) is 35.6 Å². The van der Waals surface area contributed by atoms with Crippen LogP contribution in [-0.2, 0) is 0 Å². The third-order valence-electron chi connectivity index (χ3n) is 6.69. The quantitative estimate of drug-likeness (QED) is 0.536. The maximum Gasteiger partial charge on any atom is 0.242 e. The lowest BCUT2D eigenvalue weighted by molar-refractivity contribution is -0.0256. The van der Waals surface area contributed by atoms with Crippen LogP contribution in [0.15, 0.2) is 30.5 Å². The van der Waals surface area contributed by atoms with Crippen molar-refractivity contribution in [1.82, 2.24) is 0 Å². The second-order valence-electron chi connectivity index (χ2n) is 9.24. The molecular weight excluding hydrogens is 377 g/mol. The fourth-order valence-corrected chi connectivity index (χ4v) is 5.38. The Labute approximate surface area is 173 Å². The highest BCUT2D eigenvalue weighted by Gasteiger charge is 2.43. The van der Waals surface area contributed by atoms with E-state index in [0.29, 0.717) is 33.8 Å². The van der Waals surface area contributed by atoms with Gasteiger partial charge in [0.05, 0.1) is 16.5 Å². The van der Waals surface area contributed by atoms with Crippen molar-refractivity contribution in [2.75, 3.05) is 18.0 Å². The average Bonchev–Trinajstić information content (AvgIpc) is 2.59. The summed E-state index contributed by atoms with van der Waals surface area (Å²) in [5.74, 6) is 0.306. The first kappa shape index (κ1) is 21.3. The molecule has 1 aliphatic heterocycles. The number of nitrogens with zero attached hydrogens (tertiary/aromatic N) is 1. The second-order valence-corrected chi connectivity index (χ2v) is 9.65. The van der Waals surface area contributed by atoms with Crippen molar-refractivity contribution >= 4 is 17.3 Å². The van der Waals surface area contributed by atoms with Gasteiger partial charge in [0.2, 0.25) is 5.85 Å². The zero-order valence-corrected chi connectivity index (χ0v) is 18.1. The van der Waals surface area contributed by atoms with E-state index in [0.717, 1.165) is 44.5 Å². The number of rotatable bonds is 5. The Kier molecular flexibility index (Phi) is 6.19. The Hall–Kier alpha value is -1.42. The lowest BCUT2D eigenvalue weighted by Gasteiger charge is -2.50. The Morgan fingerprint density at radius 1 is 1.36 bits per heavy atom. The van der Waals surface area contributed by atoms with Crippen LogP contribution in [0.25, 0.3) is 0 Å². The molecule has 0 amide bonds. The molecule has 2 atom stereocenters. The van der Waals surface area contributed by atoms with Gasteiger partial charge in [0.15, 0.2) is 0 Å². The highest BCUT2D eigenvalue weighted by Crippen LogP contribution is 2.51. The predicted molar refractivity (Wildman–Crippen MR) is 114 cm³/mol. The first-order valence-electron chi connectivity index (χ1n) is 10.4. The van der Waals surface area contributed by atoms with Crippen LogP contribution in [0.1, 0.15) is 59.3 Å². The molecule has 1 N–H and O–H groups in total. The smallest absolute Gasteiger partial charge is 0.242 e. The van der Waals surface area contributed by atoms with Crippen LogP contribution < -0.4 is 9.64 Å². The molecule has 156 valence electrons. The van der Waals surface area contributed by atoms with Gasteiger partial charge in [-0.2, -0.15) is 4.39 Å². The van der Waals surface area contributed by atoms with Gasteiger partial charge in [-0.05, 0) is 61.5 Å². The molecule has 2 unspecified atom stereocenters. The number of hydrogen-bond donors (Lipinski definition) is 1.